The smallest absolute Gasteiger partial charge is 0.187 e. The molecule has 0 radical (unpaired) electrons. The lowest BCUT2D eigenvalue weighted by Crippen LogP contribution is -2.37. The van der Waals surface area contributed by atoms with Gasteiger partial charge in [-0.05, 0) is 61.8 Å². The van der Waals surface area contributed by atoms with E-state index in [0.717, 1.165) is 47.2 Å². The number of benzene rings is 1. The first-order chi connectivity index (χ1) is 14.2. The minimum atomic E-state index is 0.232. The van der Waals surface area contributed by atoms with Crippen LogP contribution in [0.4, 0.5) is 0 Å². The number of aromatic nitrogens is 2. The Kier molecular flexibility index (Phi) is 8.21. The van der Waals surface area contributed by atoms with Crippen molar-refractivity contribution in [2.75, 3.05) is 20.3 Å². The highest BCUT2D eigenvalue weighted by atomic mass is 32.2. The first-order valence-electron chi connectivity index (χ1n) is 9.42. The van der Waals surface area contributed by atoms with Crippen molar-refractivity contribution in [1.82, 2.24) is 20.7 Å². The molecule has 0 spiro atoms. The molecule has 0 saturated carbocycles. The molecule has 7 nitrogen and oxygen atoms in total. The Labute approximate surface area is 180 Å². The Morgan fingerprint density at radius 2 is 2.21 bits per heavy atom. The van der Waals surface area contributed by atoms with Gasteiger partial charge in [0, 0.05) is 36.9 Å². The van der Waals surface area contributed by atoms with Crippen LogP contribution in [0.1, 0.15) is 30.9 Å². The number of hydrogen-bond acceptors (Lipinski definition) is 7. The number of nitrogens with one attached hydrogen (secondary N) is 2. The fraction of sp³-hybridized carbons (Fsp3) is 0.400. The van der Waals surface area contributed by atoms with Crippen molar-refractivity contribution < 1.29 is 9.47 Å². The van der Waals surface area contributed by atoms with Crippen LogP contribution in [0.2, 0.25) is 0 Å². The summed E-state index contributed by atoms with van der Waals surface area (Å²) in [5.74, 6) is 1.52. The number of rotatable bonds is 8. The van der Waals surface area contributed by atoms with Crippen LogP contribution < -0.4 is 15.5 Å². The zero-order valence-corrected chi connectivity index (χ0v) is 18.2. The molecule has 0 amide bonds. The van der Waals surface area contributed by atoms with Gasteiger partial charge < -0.3 is 14.8 Å². The topological polar surface area (TPSA) is 80.7 Å². The first kappa shape index (κ1) is 21.5. The maximum Gasteiger partial charge on any atom is 0.187 e. The Morgan fingerprint density at radius 3 is 2.93 bits per heavy atom. The van der Waals surface area contributed by atoms with E-state index in [-0.39, 0.29) is 6.10 Å². The summed E-state index contributed by atoms with van der Waals surface area (Å²) in [6.07, 6.45) is 5.88. The molecule has 2 N–H and O–H groups in total. The number of thioether (sulfide) groups is 1. The molecule has 1 fully saturated rings. The average Bonchev–Trinajstić information content (AvgIpc) is 3.28. The third-order valence-electron chi connectivity index (χ3n) is 4.44. The van der Waals surface area contributed by atoms with Gasteiger partial charge in [0.2, 0.25) is 0 Å². The highest BCUT2D eigenvalue weighted by molar-refractivity contribution is 7.98. The lowest BCUT2D eigenvalue weighted by atomic mass is 10.1. The zero-order chi connectivity index (χ0) is 20.5. The van der Waals surface area contributed by atoms with E-state index in [2.05, 4.69) is 31.9 Å². The van der Waals surface area contributed by atoms with Gasteiger partial charge in [0.1, 0.15) is 5.75 Å². The third kappa shape index (κ3) is 6.66. The maximum atomic E-state index is 5.58. The molecular weight excluding hydrogens is 406 g/mol. The number of thiocarbonyl (C=S) groups is 1. The normalized spacial score (nSPS) is 16.5. The van der Waals surface area contributed by atoms with E-state index in [0.29, 0.717) is 17.4 Å². The van der Waals surface area contributed by atoms with Crippen LogP contribution in [0.5, 0.6) is 5.75 Å². The molecule has 1 atom stereocenters. The van der Waals surface area contributed by atoms with Crippen LogP contribution >= 0.6 is 24.0 Å². The quantitative estimate of drug-likeness (QED) is 0.217. The van der Waals surface area contributed by atoms with Crippen LogP contribution in [-0.2, 0) is 10.5 Å². The second kappa shape index (κ2) is 11.1. The maximum absolute atomic E-state index is 5.58. The monoisotopic (exact) mass is 431 g/mol. The molecule has 9 heteroatoms. The molecule has 1 saturated heterocycles. The summed E-state index contributed by atoms with van der Waals surface area (Å²) in [6.45, 7) is 3.47. The van der Waals surface area contributed by atoms with Crippen molar-refractivity contribution >= 4 is 34.8 Å². The molecule has 1 aliphatic heterocycles. The second-order valence-electron chi connectivity index (χ2n) is 6.50. The fourth-order valence-electron chi connectivity index (χ4n) is 2.87. The van der Waals surface area contributed by atoms with Gasteiger partial charge >= 0.3 is 0 Å². The molecule has 1 aromatic heterocycles. The SMILES string of the molecule is COc1ccc(/C(C)=N\NC(=S)NC[C@@H]2CCCO2)cc1CSc1ncccn1. The number of ether oxygens (including phenoxy) is 2. The minimum absolute atomic E-state index is 0.232. The molecule has 3 rings (SSSR count). The van der Waals surface area contributed by atoms with E-state index in [1.165, 1.54) is 0 Å². The van der Waals surface area contributed by atoms with Crippen LogP contribution in [0.3, 0.4) is 0 Å². The predicted octanol–water partition coefficient (Wildman–Crippen LogP) is 3.14. The van der Waals surface area contributed by atoms with Gasteiger partial charge in [-0.25, -0.2) is 9.97 Å². The zero-order valence-electron chi connectivity index (χ0n) is 16.6. The van der Waals surface area contributed by atoms with Gasteiger partial charge in [0.15, 0.2) is 10.3 Å². The van der Waals surface area contributed by atoms with Crippen molar-refractivity contribution in [3.05, 3.63) is 47.8 Å². The molecule has 2 aromatic rings. The molecule has 1 aliphatic rings. The predicted molar refractivity (Wildman–Crippen MR) is 120 cm³/mol. The van der Waals surface area contributed by atoms with Crippen molar-refractivity contribution in [2.45, 2.75) is 36.8 Å². The Balaban J connectivity index is 1.59. The molecule has 0 unspecified atom stereocenters. The number of hydrazone groups is 1. The highest BCUT2D eigenvalue weighted by Gasteiger charge is 2.15. The standard InChI is InChI=1S/C20H25N5O2S2/c1-14(24-25-19(28)23-12-17-5-3-10-27-17)15-6-7-18(26-2)16(11-15)13-29-20-21-8-4-9-22-20/h4,6-9,11,17H,3,5,10,12-13H2,1-2H3,(H2,23,25,28)/b24-14-/t17-/m0/s1. The number of nitrogens with zero attached hydrogens (tertiary/aromatic N) is 3. The van der Waals surface area contributed by atoms with Gasteiger partial charge in [-0.15, -0.1) is 0 Å². The molecule has 2 heterocycles. The summed E-state index contributed by atoms with van der Waals surface area (Å²) >= 11 is 6.86. The highest BCUT2D eigenvalue weighted by Crippen LogP contribution is 2.27. The average molecular weight is 432 g/mol. The third-order valence-corrected chi connectivity index (χ3v) is 5.60. The molecule has 29 heavy (non-hydrogen) atoms. The summed E-state index contributed by atoms with van der Waals surface area (Å²) in [5.41, 5.74) is 5.78. The number of hydrogen-bond donors (Lipinski definition) is 2. The van der Waals surface area contributed by atoms with Gasteiger partial charge in [-0.3, -0.25) is 5.43 Å². The van der Waals surface area contributed by atoms with Gasteiger partial charge in [-0.1, -0.05) is 11.8 Å². The summed E-state index contributed by atoms with van der Waals surface area (Å²) in [4.78, 5) is 8.50. The second-order valence-corrected chi connectivity index (χ2v) is 7.85. The Bertz CT molecular complexity index is 842. The summed E-state index contributed by atoms with van der Waals surface area (Å²) < 4.78 is 11.1. The van der Waals surface area contributed by atoms with Gasteiger partial charge in [0.25, 0.3) is 0 Å². The van der Waals surface area contributed by atoms with Crippen molar-refractivity contribution in [1.29, 1.82) is 0 Å². The van der Waals surface area contributed by atoms with Crippen molar-refractivity contribution in [2.24, 2.45) is 5.10 Å². The lowest BCUT2D eigenvalue weighted by Gasteiger charge is -2.13. The van der Waals surface area contributed by atoms with E-state index in [1.807, 2.05) is 19.1 Å². The molecular formula is C20H25N5O2S2. The molecule has 0 aliphatic carbocycles. The van der Waals surface area contributed by atoms with E-state index in [4.69, 9.17) is 21.7 Å². The molecule has 0 bridgehead atoms. The van der Waals surface area contributed by atoms with Crippen molar-refractivity contribution in [3.8, 4) is 5.75 Å². The van der Waals surface area contributed by atoms with Crippen LogP contribution in [0.15, 0.2) is 46.9 Å². The Hall–Kier alpha value is -2.23. The number of methoxy groups -OCH3 is 1. The Morgan fingerprint density at radius 1 is 1.38 bits per heavy atom. The van der Waals surface area contributed by atoms with Crippen molar-refractivity contribution in [3.63, 3.8) is 0 Å². The van der Waals surface area contributed by atoms with Crippen LogP contribution in [0, 0.1) is 0 Å². The van der Waals surface area contributed by atoms with Gasteiger partial charge in [0.05, 0.1) is 18.9 Å². The molecule has 154 valence electrons. The van der Waals surface area contributed by atoms with E-state index in [1.54, 1.807) is 37.3 Å². The van der Waals surface area contributed by atoms with Crippen LogP contribution in [0.25, 0.3) is 0 Å². The first-order valence-corrected chi connectivity index (χ1v) is 10.8. The van der Waals surface area contributed by atoms with Gasteiger partial charge in [-0.2, -0.15) is 5.10 Å². The lowest BCUT2D eigenvalue weighted by molar-refractivity contribution is 0.114. The summed E-state index contributed by atoms with van der Waals surface area (Å²) in [7, 11) is 1.67. The van der Waals surface area contributed by atoms with E-state index in [9.17, 15) is 0 Å². The fourth-order valence-corrected chi connectivity index (χ4v) is 3.78. The van der Waals surface area contributed by atoms with Crippen LogP contribution in [-0.4, -0.2) is 47.2 Å². The van der Waals surface area contributed by atoms with E-state index < -0.39 is 0 Å². The summed E-state index contributed by atoms with van der Waals surface area (Å²) in [6, 6.07) is 7.80. The van der Waals surface area contributed by atoms with E-state index >= 15 is 0 Å². The largest absolute Gasteiger partial charge is 0.496 e. The molecule has 1 aromatic carbocycles. The summed E-state index contributed by atoms with van der Waals surface area (Å²) in [5, 5.41) is 8.78. The minimum Gasteiger partial charge on any atom is -0.496 e.